The number of nitrogens with zero attached hydrogens (tertiary/aromatic N) is 2. The first-order chi connectivity index (χ1) is 9.66. The number of sulfonamides is 1. The van der Waals surface area contributed by atoms with Crippen LogP contribution in [-0.4, -0.2) is 38.7 Å². The molecule has 0 saturated carbocycles. The van der Waals surface area contributed by atoms with Gasteiger partial charge < -0.3 is 5.32 Å². The Bertz CT molecular complexity index is 570. The van der Waals surface area contributed by atoms with Crippen LogP contribution in [0.2, 0.25) is 0 Å². The molecule has 0 amide bonds. The second-order valence-corrected chi connectivity index (χ2v) is 6.64. The number of nitrogens with one attached hydrogen (secondary N) is 1. The molecule has 5 nitrogen and oxygen atoms in total. The van der Waals surface area contributed by atoms with E-state index in [4.69, 9.17) is 0 Å². The Morgan fingerprint density at radius 2 is 2.00 bits per heavy atom. The fourth-order valence-corrected chi connectivity index (χ4v) is 3.52. The van der Waals surface area contributed by atoms with Gasteiger partial charge in [-0.2, -0.15) is 0 Å². The van der Waals surface area contributed by atoms with E-state index in [2.05, 4.69) is 17.2 Å². The third-order valence-electron chi connectivity index (χ3n) is 3.19. The minimum atomic E-state index is -3.42. The molecule has 0 aliphatic carbocycles. The topological polar surface area (TPSA) is 61.8 Å². The standard InChI is InChI=1S/C14H21N3O2S/c1-2-9-15-10-5-6-11-17-12-16-13-7-3-4-8-14(13)20(17,18)19/h3-4,7-8,12,15H,2,5-6,9-11H2,1H3. The highest BCUT2D eigenvalue weighted by Gasteiger charge is 2.27. The van der Waals surface area contributed by atoms with Crippen LogP contribution in [0.5, 0.6) is 0 Å². The Balaban J connectivity index is 1.92. The first-order valence-electron chi connectivity index (χ1n) is 7.02. The molecule has 0 radical (unpaired) electrons. The molecule has 0 fully saturated rings. The van der Waals surface area contributed by atoms with Crippen molar-refractivity contribution in [1.29, 1.82) is 0 Å². The second kappa shape index (κ2) is 6.85. The van der Waals surface area contributed by atoms with Gasteiger partial charge in [-0.25, -0.2) is 13.4 Å². The van der Waals surface area contributed by atoms with E-state index < -0.39 is 10.0 Å². The van der Waals surface area contributed by atoms with Gasteiger partial charge in [0.05, 0.1) is 5.69 Å². The number of aliphatic imine (C=N–C) groups is 1. The molecule has 1 heterocycles. The van der Waals surface area contributed by atoms with Crippen LogP contribution in [0, 0.1) is 0 Å². The first kappa shape index (κ1) is 15.0. The molecule has 0 spiro atoms. The second-order valence-electron chi connectivity index (χ2n) is 4.79. The molecule has 2 rings (SSSR count). The van der Waals surface area contributed by atoms with E-state index in [0.717, 1.165) is 32.4 Å². The Labute approximate surface area is 120 Å². The van der Waals surface area contributed by atoms with Crippen LogP contribution in [0.4, 0.5) is 5.69 Å². The fraction of sp³-hybridized carbons (Fsp3) is 0.500. The zero-order valence-electron chi connectivity index (χ0n) is 11.7. The summed E-state index contributed by atoms with van der Waals surface area (Å²) in [6.07, 6.45) is 4.33. The van der Waals surface area contributed by atoms with Crippen molar-refractivity contribution < 1.29 is 8.42 Å². The van der Waals surface area contributed by atoms with Crippen molar-refractivity contribution in [2.75, 3.05) is 19.6 Å². The smallest absolute Gasteiger partial charge is 0.267 e. The van der Waals surface area contributed by atoms with Gasteiger partial charge in [0.1, 0.15) is 11.2 Å². The normalized spacial score (nSPS) is 16.1. The van der Waals surface area contributed by atoms with Crippen LogP contribution < -0.4 is 5.32 Å². The molecule has 1 aliphatic rings. The zero-order chi connectivity index (χ0) is 14.4. The number of rotatable bonds is 7. The molecule has 1 aromatic carbocycles. The number of benzene rings is 1. The summed E-state index contributed by atoms with van der Waals surface area (Å²) in [6, 6.07) is 6.84. The summed E-state index contributed by atoms with van der Waals surface area (Å²) in [7, 11) is -3.42. The fourth-order valence-electron chi connectivity index (χ4n) is 2.09. The Morgan fingerprint density at radius 3 is 2.80 bits per heavy atom. The molecular formula is C14H21N3O2S. The number of para-hydroxylation sites is 1. The van der Waals surface area contributed by atoms with Crippen LogP contribution >= 0.6 is 0 Å². The molecule has 0 bridgehead atoms. The van der Waals surface area contributed by atoms with Gasteiger partial charge in [0.15, 0.2) is 0 Å². The quantitative estimate of drug-likeness (QED) is 0.784. The molecule has 0 saturated heterocycles. The lowest BCUT2D eigenvalue weighted by molar-refractivity contribution is 0.503. The number of unbranched alkanes of at least 4 members (excludes halogenated alkanes) is 1. The largest absolute Gasteiger partial charge is 0.317 e. The van der Waals surface area contributed by atoms with Gasteiger partial charge in [0, 0.05) is 6.54 Å². The third-order valence-corrected chi connectivity index (χ3v) is 4.98. The number of hydrogen-bond acceptors (Lipinski definition) is 4. The predicted octanol–water partition coefficient (Wildman–Crippen LogP) is 2.13. The summed E-state index contributed by atoms with van der Waals surface area (Å²) in [5.74, 6) is 0. The van der Waals surface area contributed by atoms with Gasteiger partial charge in [-0.15, -0.1) is 0 Å². The molecule has 1 aromatic rings. The van der Waals surface area contributed by atoms with Crippen molar-refractivity contribution >= 4 is 22.0 Å². The van der Waals surface area contributed by atoms with Gasteiger partial charge >= 0.3 is 0 Å². The summed E-state index contributed by atoms with van der Waals surface area (Å²) in [5.41, 5.74) is 0.522. The Morgan fingerprint density at radius 1 is 1.20 bits per heavy atom. The van der Waals surface area contributed by atoms with E-state index in [1.807, 2.05) is 0 Å². The van der Waals surface area contributed by atoms with Crippen molar-refractivity contribution in [3.63, 3.8) is 0 Å². The minimum absolute atomic E-state index is 0.298. The van der Waals surface area contributed by atoms with Crippen molar-refractivity contribution in [2.24, 2.45) is 4.99 Å². The van der Waals surface area contributed by atoms with Gasteiger partial charge in [0.2, 0.25) is 0 Å². The van der Waals surface area contributed by atoms with E-state index in [1.54, 1.807) is 24.3 Å². The Kier molecular flexibility index (Phi) is 5.14. The average Bonchev–Trinajstić information content (AvgIpc) is 2.45. The number of fused-ring (bicyclic) bond motifs is 1. The van der Waals surface area contributed by atoms with Crippen molar-refractivity contribution in [2.45, 2.75) is 31.1 Å². The van der Waals surface area contributed by atoms with Gasteiger partial charge in [0.25, 0.3) is 10.0 Å². The maximum absolute atomic E-state index is 12.4. The average molecular weight is 295 g/mol. The maximum Gasteiger partial charge on any atom is 0.267 e. The lowest BCUT2D eigenvalue weighted by Crippen LogP contribution is -2.33. The van der Waals surface area contributed by atoms with E-state index in [0.29, 0.717) is 17.1 Å². The third kappa shape index (κ3) is 3.37. The molecule has 1 N–H and O–H groups in total. The van der Waals surface area contributed by atoms with Crippen LogP contribution in [-0.2, 0) is 10.0 Å². The predicted molar refractivity (Wildman–Crippen MR) is 80.9 cm³/mol. The highest BCUT2D eigenvalue weighted by molar-refractivity contribution is 7.89. The van der Waals surface area contributed by atoms with Crippen LogP contribution in [0.25, 0.3) is 0 Å². The minimum Gasteiger partial charge on any atom is -0.317 e. The maximum atomic E-state index is 12.4. The Hall–Kier alpha value is -1.40. The summed E-state index contributed by atoms with van der Waals surface area (Å²) < 4.78 is 26.1. The lowest BCUT2D eigenvalue weighted by Gasteiger charge is -2.23. The van der Waals surface area contributed by atoms with E-state index in [-0.39, 0.29) is 0 Å². The molecular weight excluding hydrogens is 274 g/mol. The first-order valence-corrected chi connectivity index (χ1v) is 8.46. The SMILES string of the molecule is CCCNCCCCN1C=Nc2ccccc2S1(=O)=O. The lowest BCUT2D eigenvalue weighted by atomic mass is 10.3. The molecule has 0 unspecified atom stereocenters. The van der Waals surface area contributed by atoms with Gasteiger partial charge in [-0.05, 0) is 44.5 Å². The van der Waals surface area contributed by atoms with E-state index in [1.165, 1.54) is 10.6 Å². The van der Waals surface area contributed by atoms with E-state index >= 15 is 0 Å². The van der Waals surface area contributed by atoms with Gasteiger partial charge in [-0.3, -0.25) is 4.31 Å². The van der Waals surface area contributed by atoms with Crippen molar-refractivity contribution in [3.8, 4) is 0 Å². The molecule has 20 heavy (non-hydrogen) atoms. The summed E-state index contributed by atoms with van der Waals surface area (Å²) in [4.78, 5) is 4.50. The highest BCUT2D eigenvalue weighted by Crippen LogP contribution is 2.29. The van der Waals surface area contributed by atoms with Crippen LogP contribution in [0.1, 0.15) is 26.2 Å². The monoisotopic (exact) mass is 295 g/mol. The molecule has 6 heteroatoms. The number of hydrogen-bond donors (Lipinski definition) is 1. The van der Waals surface area contributed by atoms with Crippen molar-refractivity contribution in [3.05, 3.63) is 24.3 Å². The van der Waals surface area contributed by atoms with Crippen molar-refractivity contribution in [1.82, 2.24) is 9.62 Å². The molecule has 0 aromatic heterocycles. The highest BCUT2D eigenvalue weighted by atomic mass is 32.2. The van der Waals surface area contributed by atoms with E-state index in [9.17, 15) is 8.42 Å². The zero-order valence-corrected chi connectivity index (χ0v) is 12.6. The van der Waals surface area contributed by atoms with Crippen LogP contribution in [0.3, 0.4) is 0 Å². The van der Waals surface area contributed by atoms with Crippen LogP contribution in [0.15, 0.2) is 34.2 Å². The summed E-state index contributed by atoms with van der Waals surface area (Å²) in [6.45, 7) is 4.54. The molecule has 110 valence electrons. The van der Waals surface area contributed by atoms with Gasteiger partial charge in [-0.1, -0.05) is 19.1 Å². The summed E-state index contributed by atoms with van der Waals surface area (Å²) >= 11 is 0. The molecule has 0 atom stereocenters. The summed E-state index contributed by atoms with van der Waals surface area (Å²) in [5, 5.41) is 3.31. The molecule has 1 aliphatic heterocycles.